The number of nitrogens with two attached hydrogens (primary N) is 1. The normalized spacial score (nSPS) is 10.7. The number of nitrogen functional groups attached to an aromatic ring is 1. The molecule has 2 N–H and O–H groups in total. The van der Waals surface area contributed by atoms with Crippen LogP contribution >= 0.6 is 11.3 Å². The number of hydrogen-bond donors (Lipinski definition) is 1. The van der Waals surface area contributed by atoms with Crippen LogP contribution in [0, 0.1) is 11.3 Å². The molecular weight excluding hydrogens is 330 g/mol. The molecule has 0 aliphatic rings. The van der Waals surface area contributed by atoms with Crippen LogP contribution in [0.5, 0.6) is 0 Å². The third kappa shape index (κ3) is 3.05. The van der Waals surface area contributed by atoms with Crippen LogP contribution in [0.3, 0.4) is 0 Å². The van der Waals surface area contributed by atoms with Crippen molar-refractivity contribution in [3.8, 4) is 17.5 Å². The largest absolute Gasteiger partial charge is 0.383 e. The van der Waals surface area contributed by atoms with Crippen molar-refractivity contribution in [3.05, 3.63) is 70.9 Å². The van der Waals surface area contributed by atoms with Crippen LogP contribution in [0.2, 0.25) is 0 Å². The number of nitriles is 1. The highest BCUT2D eigenvalue weighted by Gasteiger charge is 2.12. The van der Waals surface area contributed by atoms with E-state index in [-0.39, 0.29) is 0 Å². The van der Waals surface area contributed by atoms with Crippen molar-refractivity contribution in [2.45, 2.75) is 6.42 Å². The predicted octanol–water partition coefficient (Wildman–Crippen LogP) is 3.80. The van der Waals surface area contributed by atoms with Gasteiger partial charge in [0.1, 0.15) is 10.6 Å². The molecule has 3 aromatic heterocycles. The molecule has 0 fully saturated rings. The summed E-state index contributed by atoms with van der Waals surface area (Å²) in [5.74, 6) is 0.993. The lowest BCUT2D eigenvalue weighted by Gasteiger charge is -2.02. The maximum atomic E-state index is 9.06. The van der Waals surface area contributed by atoms with E-state index >= 15 is 0 Å². The second-order valence-corrected chi connectivity index (χ2v) is 6.71. The number of anilines is 1. The number of nitrogens with zero attached hydrogens (tertiary/aromatic N) is 4. The van der Waals surface area contributed by atoms with E-state index in [9.17, 15) is 0 Å². The van der Waals surface area contributed by atoms with E-state index in [4.69, 9.17) is 11.0 Å². The van der Waals surface area contributed by atoms with Crippen LogP contribution in [0.1, 0.15) is 16.0 Å². The lowest BCUT2D eigenvalue weighted by atomic mass is 10.1. The van der Waals surface area contributed by atoms with Gasteiger partial charge in [-0.3, -0.25) is 4.98 Å². The SMILES string of the molecule is N#Cc1cccc(-c2nc(N)c3cc(Cc4cccnc4)sc3n2)c1. The van der Waals surface area contributed by atoms with Gasteiger partial charge in [0.05, 0.1) is 17.0 Å². The van der Waals surface area contributed by atoms with Gasteiger partial charge in [-0.25, -0.2) is 9.97 Å². The smallest absolute Gasteiger partial charge is 0.163 e. The first-order valence-corrected chi connectivity index (χ1v) is 8.50. The zero-order chi connectivity index (χ0) is 17.2. The number of benzene rings is 1. The van der Waals surface area contributed by atoms with E-state index in [2.05, 4.69) is 21.0 Å². The highest BCUT2D eigenvalue weighted by Crippen LogP contribution is 2.31. The van der Waals surface area contributed by atoms with Gasteiger partial charge in [-0.2, -0.15) is 5.26 Å². The quantitative estimate of drug-likeness (QED) is 0.611. The fourth-order valence-corrected chi connectivity index (χ4v) is 3.71. The van der Waals surface area contributed by atoms with E-state index in [0.29, 0.717) is 17.2 Å². The van der Waals surface area contributed by atoms with Crippen molar-refractivity contribution < 1.29 is 0 Å². The van der Waals surface area contributed by atoms with Gasteiger partial charge in [-0.1, -0.05) is 18.2 Å². The van der Waals surface area contributed by atoms with E-state index in [0.717, 1.165) is 32.6 Å². The zero-order valence-electron chi connectivity index (χ0n) is 13.2. The van der Waals surface area contributed by atoms with E-state index in [1.807, 2.05) is 36.5 Å². The Labute approximate surface area is 148 Å². The molecule has 6 heteroatoms. The van der Waals surface area contributed by atoms with Crippen LogP contribution in [0.4, 0.5) is 5.82 Å². The lowest BCUT2D eigenvalue weighted by molar-refractivity contribution is 1.17. The summed E-state index contributed by atoms with van der Waals surface area (Å²) in [5.41, 5.74) is 8.65. The van der Waals surface area contributed by atoms with Crippen molar-refractivity contribution in [2.24, 2.45) is 0 Å². The van der Waals surface area contributed by atoms with Gasteiger partial charge in [-0.05, 0) is 29.8 Å². The molecule has 5 nitrogen and oxygen atoms in total. The molecule has 0 saturated carbocycles. The van der Waals surface area contributed by atoms with Gasteiger partial charge in [-0.15, -0.1) is 11.3 Å². The molecule has 0 bridgehead atoms. The summed E-state index contributed by atoms with van der Waals surface area (Å²) >= 11 is 1.60. The van der Waals surface area contributed by atoms with Crippen LogP contribution < -0.4 is 5.73 Å². The number of hydrogen-bond acceptors (Lipinski definition) is 6. The standard InChI is InChI=1S/C19H13N5S/c20-10-12-3-1-5-14(7-12)18-23-17(21)16-9-15(25-19(16)24-18)8-13-4-2-6-22-11-13/h1-7,9,11H,8H2,(H2,21,23,24). The molecule has 0 amide bonds. The Hall–Kier alpha value is -3.30. The minimum absolute atomic E-state index is 0.455. The summed E-state index contributed by atoms with van der Waals surface area (Å²) in [4.78, 5) is 15.2. The topological polar surface area (TPSA) is 88.5 Å². The van der Waals surface area contributed by atoms with Gasteiger partial charge in [0.15, 0.2) is 5.82 Å². The van der Waals surface area contributed by atoms with Crippen LogP contribution in [-0.4, -0.2) is 15.0 Å². The second kappa shape index (κ2) is 6.30. The van der Waals surface area contributed by atoms with E-state index < -0.39 is 0 Å². The maximum Gasteiger partial charge on any atom is 0.163 e. The Bertz CT molecular complexity index is 1100. The van der Waals surface area contributed by atoms with Gasteiger partial charge < -0.3 is 5.73 Å². The van der Waals surface area contributed by atoms with Gasteiger partial charge in [0, 0.05) is 29.3 Å². The van der Waals surface area contributed by atoms with E-state index in [1.165, 1.54) is 0 Å². The molecule has 1 aromatic carbocycles. The Balaban J connectivity index is 1.75. The molecule has 4 rings (SSSR count). The third-order valence-electron chi connectivity index (χ3n) is 3.82. The number of thiophene rings is 1. The minimum Gasteiger partial charge on any atom is -0.383 e. The van der Waals surface area contributed by atoms with Crippen molar-refractivity contribution >= 4 is 27.4 Å². The fourth-order valence-electron chi connectivity index (χ4n) is 2.64. The summed E-state index contributed by atoms with van der Waals surface area (Å²) in [6.45, 7) is 0. The fraction of sp³-hybridized carbons (Fsp3) is 0.0526. The molecule has 4 aromatic rings. The van der Waals surface area contributed by atoms with Gasteiger partial charge in [0.25, 0.3) is 0 Å². The van der Waals surface area contributed by atoms with Crippen LogP contribution in [0.15, 0.2) is 54.9 Å². The lowest BCUT2D eigenvalue weighted by Crippen LogP contribution is -1.96. The minimum atomic E-state index is 0.455. The monoisotopic (exact) mass is 343 g/mol. The first-order valence-electron chi connectivity index (χ1n) is 7.68. The molecule has 25 heavy (non-hydrogen) atoms. The Morgan fingerprint density at radius 2 is 2.04 bits per heavy atom. The van der Waals surface area contributed by atoms with Crippen molar-refractivity contribution in [1.29, 1.82) is 5.26 Å². The highest BCUT2D eigenvalue weighted by molar-refractivity contribution is 7.18. The Morgan fingerprint density at radius 3 is 2.84 bits per heavy atom. The molecule has 0 radical (unpaired) electrons. The van der Waals surface area contributed by atoms with Crippen molar-refractivity contribution in [3.63, 3.8) is 0 Å². The Morgan fingerprint density at radius 1 is 1.12 bits per heavy atom. The van der Waals surface area contributed by atoms with Crippen molar-refractivity contribution in [2.75, 3.05) is 5.73 Å². The highest BCUT2D eigenvalue weighted by atomic mass is 32.1. The first kappa shape index (κ1) is 15.2. The average Bonchev–Trinajstić information content (AvgIpc) is 3.05. The van der Waals surface area contributed by atoms with Crippen molar-refractivity contribution in [1.82, 2.24) is 15.0 Å². The van der Waals surface area contributed by atoms with Crippen LogP contribution in [0.25, 0.3) is 21.6 Å². The number of fused-ring (bicyclic) bond motifs is 1. The second-order valence-electron chi connectivity index (χ2n) is 5.59. The molecule has 0 aliphatic heterocycles. The summed E-state index contributed by atoms with van der Waals surface area (Å²) in [6, 6.07) is 15.4. The number of rotatable bonds is 3. The molecule has 0 atom stereocenters. The number of pyridine rings is 1. The maximum absolute atomic E-state index is 9.06. The molecule has 120 valence electrons. The molecule has 0 aliphatic carbocycles. The summed E-state index contributed by atoms with van der Waals surface area (Å²) in [5, 5.41) is 9.93. The molecular formula is C19H13N5S. The average molecular weight is 343 g/mol. The molecule has 0 saturated heterocycles. The van der Waals surface area contributed by atoms with Gasteiger partial charge >= 0.3 is 0 Å². The van der Waals surface area contributed by atoms with Gasteiger partial charge in [0.2, 0.25) is 0 Å². The summed E-state index contributed by atoms with van der Waals surface area (Å²) < 4.78 is 0. The first-order chi connectivity index (χ1) is 12.2. The zero-order valence-corrected chi connectivity index (χ0v) is 14.0. The molecule has 3 heterocycles. The Kier molecular flexibility index (Phi) is 3.84. The summed E-state index contributed by atoms with van der Waals surface area (Å²) in [6.07, 6.45) is 4.41. The van der Waals surface area contributed by atoms with E-state index in [1.54, 1.807) is 29.7 Å². The summed E-state index contributed by atoms with van der Waals surface area (Å²) in [7, 11) is 0. The van der Waals surface area contributed by atoms with Crippen LogP contribution in [-0.2, 0) is 6.42 Å². The predicted molar refractivity (Wildman–Crippen MR) is 99.0 cm³/mol. The third-order valence-corrected chi connectivity index (χ3v) is 4.85. The molecule has 0 unspecified atom stereocenters. The molecule has 0 spiro atoms. The number of aromatic nitrogens is 3.